The van der Waals surface area contributed by atoms with Gasteiger partial charge in [0.25, 0.3) is 0 Å². The number of hydrogen-bond acceptors (Lipinski definition) is 5. The predicted molar refractivity (Wildman–Crippen MR) is 94.0 cm³/mol. The molecule has 25 heavy (non-hydrogen) atoms. The Morgan fingerprint density at radius 2 is 2.24 bits per heavy atom. The van der Waals surface area contributed by atoms with E-state index < -0.39 is 5.97 Å². The summed E-state index contributed by atoms with van der Waals surface area (Å²) >= 11 is 6.16. The molecule has 1 atom stereocenters. The quantitative estimate of drug-likeness (QED) is 0.755. The van der Waals surface area contributed by atoms with Crippen LogP contribution in [-0.4, -0.2) is 33.1 Å². The number of anilines is 3. The zero-order valence-corrected chi connectivity index (χ0v) is 14.1. The van der Waals surface area contributed by atoms with Crippen LogP contribution >= 0.6 is 11.6 Å². The van der Waals surface area contributed by atoms with E-state index in [4.69, 9.17) is 16.7 Å². The van der Waals surface area contributed by atoms with Gasteiger partial charge in [-0.25, -0.2) is 9.78 Å². The zero-order valence-electron chi connectivity index (χ0n) is 13.4. The summed E-state index contributed by atoms with van der Waals surface area (Å²) in [6.45, 7) is 2.00. The second kappa shape index (κ2) is 6.94. The number of halogens is 1. The molecule has 130 valence electrons. The number of rotatable bonds is 5. The summed E-state index contributed by atoms with van der Waals surface area (Å²) < 4.78 is 0. The Kier molecular flexibility index (Phi) is 4.71. The number of benzene rings is 1. The van der Waals surface area contributed by atoms with Crippen LogP contribution in [0.25, 0.3) is 0 Å². The predicted octanol–water partition coefficient (Wildman–Crippen LogP) is 2.96. The first-order valence-corrected chi connectivity index (χ1v) is 7.99. The van der Waals surface area contributed by atoms with E-state index in [1.807, 2.05) is 0 Å². The van der Waals surface area contributed by atoms with E-state index in [9.17, 15) is 9.59 Å². The van der Waals surface area contributed by atoms with Crippen LogP contribution in [-0.2, 0) is 11.3 Å². The van der Waals surface area contributed by atoms with Crippen LogP contribution < -0.4 is 15.5 Å². The first-order chi connectivity index (χ1) is 11.9. The minimum Gasteiger partial charge on any atom is -0.481 e. The van der Waals surface area contributed by atoms with Crippen molar-refractivity contribution in [1.29, 1.82) is 0 Å². The monoisotopic (exact) mass is 361 g/mol. The molecular formula is C16H16ClN5O3. The molecule has 0 saturated heterocycles. The van der Waals surface area contributed by atoms with Gasteiger partial charge in [0.15, 0.2) is 0 Å². The van der Waals surface area contributed by atoms with Gasteiger partial charge in [0.2, 0.25) is 5.95 Å². The first-order valence-electron chi connectivity index (χ1n) is 7.61. The maximum Gasteiger partial charge on any atom is 0.327 e. The largest absolute Gasteiger partial charge is 0.481 e. The van der Waals surface area contributed by atoms with E-state index in [0.29, 0.717) is 16.5 Å². The third-order valence-corrected chi connectivity index (χ3v) is 3.98. The van der Waals surface area contributed by atoms with Crippen molar-refractivity contribution in [3.05, 3.63) is 41.0 Å². The molecular weight excluding hydrogens is 346 g/mol. The Hall–Kier alpha value is -2.87. The molecule has 8 nitrogen and oxygen atoms in total. The van der Waals surface area contributed by atoms with Gasteiger partial charge in [0.05, 0.1) is 23.7 Å². The van der Waals surface area contributed by atoms with Crippen molar-refractivity contribution < 1.29 is 14.7 Å². The fourth-order valence-corrected chi connectivity index (χ4v) is 2.75. The third-order valence-electron chi connectivity index (χ3n) is 3.66. The summed E-state index contributed by atoms with van der Waals surface area (Å²) in [5, 5.41) is 14.9. The van der Waals surface area contributed by atoms with Crippen molar-refractivity contribution in [2.45, 2.75) is 25.9 Å². The maximum atomic E-state index is 12.4. The molecule has 0 spiro atoms. The summed E-state index contributed by atoms with van der Waals surface area (Å²) in [7, 11) is 0. The van der Waals surface area contributed by atoms with Gasteiger partial charge in [-0.2, -0.15) is 4.98 Å². The van der Waals surface area contributed by atoms with Gasteiger partial charge in [0, 0.05) is 17.8 Å². The summed E-state index contributed by atoms with van der Waals surface area (Å²) in [5.74, 6) is -0.256. The molecule has 2 amide bonds. The molecule has 1 aliphatic heterocycles. The standard InChI is InChI=1S/C16H16ClN5O3/c1-9(6-13(23)24)19-15-18-7-10-8-22(16(25)21-14(10)20-15)12-5-3-2-4-11(12)17/h2-5,7,9H,6,8H2,1H3,(H,23,24)(H2,18,19,20,21,25). The van der Waals surface area contributed by atoms with Crippen molar-refractivity contribution in [1.82, 2.24) is 9.97 Å². The number of carbonyl (C=O) groups is 2. The van der Waals surface area contributed by atoms with E-state index in [1.165, 1.54) is 4.90 Å². The molecule has 1 unspecified atom stereocenters. The van der Waals surface area contributed by atoms with E-state index in [0.717, 1.165) is 5.56 Å². The lowest BCUT2D eigenvalue weighted by atomic mass is 10.2. The van der Waals surface area contributed by atoms with Gasteiger partial charge in [-0.15, -0.1) is 0 Å². The van der Waals surface area contributed by atoms with Gasteiger partial charge < -0.3 is 10.4 Å². The lowest BCUT2D eigenvalue weighted by Crippen LogP contribution is -2.39. The van der Waals surface area contributed by atoms with E-state index in [2.05, 4.69) is 20.6 Å². The number of aromatic nitrogens is 2. The lowest BCUT2D eigenvalue weighted by molar-refractivity contribution is -0.137. The van der Waals surface area contributed by atoms with E-state index >= 15 is 0 Å². The molecule has 1 aliphatic rings. The molecule has 0 aliphatic carbocycles. The summed E-state index contributed by atoms with van der Waals surface area (Å²) in [4.78, 5) is 33.1. The molecule has 1 aromatic carbocycles. The lowest BCUT2D eigenvalue weighted by Gasteiger charge is -2.29. The number of carboxylic acids is 1. The van der Waals surface area contributed by atoms with Crippen LogP contribution in [0, 0.1) is 0 Å². The number of urea groups is 1. The molecule has 0 radical (unpaired) electrons. The van der Waals surface area contributed by atoms with Crippen LogP contribution in [0.5, 0.6) is 0 Å². The fraction of sp³-hybridized carbons (Fsp3) is 0.250. The molecule has 0 bridgehead atoms. The highest BCUT2D eigenvalue weighted by Crippen LogP contribution is 2.31. The first kappa shape index (κ1) is 17.0. The van der Waals surface area contributed by atoms with Gasteiger partial charge >= 0.3 is 12.0 Å². The van der Waals surface area contributed by atoms with Crippen LogP contribution in [0.15, 0.2) is 30.5 Å². The highest BCUT2D eigenvalue weighted by Gasteiger charge is 2.27. The van der Waals surface area contributed by atoms with Gasteiger partial charge in [-0.1, -0.05) is 23.7 Å². The number of amides is 2. The van der Waals surface area contributed by atoms with Crippen molar-refractivity contribution >= 4 is 41.1 Å². The van der Waals surface area contributed by atoms with Crippen LogP contribution in [0.4, 0.5) is 22.2 Å². The molecule has 9 heteroatoms. The Morgan fingerprint density at radius 3 is 2.96 bits per heavy atom. The van der Waals surface area contributed by atoms with Crippen molar-refractivity contribution in [3.8, 4) is 0 Å². The molecule has 1 aromatic heterocycles. The number of hydrogen-bond donors (Lipinski definition) is 3. The molecule has 3 N–H and O–H groups in total. The SMILES string of the molecule is CC(CC(=O)O)Nc1ncc2c(n1)NC(=O)N(c1ccccc1Cl)C2. The number of carboxylic acid groups (broad SMARTS) is 1. The molecule has 2 heterocycles. The Bertz CT molecular complexity index is 829. The Balaban J connectivity index is 1.80. The fourth-order valence-electron chi connectivity index (χ4n) is 2.51. The van der Waals surface area contributed by atoms with Crippen LogP contribution in [0.2, 0.25) is 5.02 Å². The Labute approximate surface area is 148 Å². The normalized spacial score (nSPS) is 14.5. The van der Waals surface area contributed by atoms with Crippen molar-refractivity contribution in [2.24, 2.45) is 0 Å². The molecule has 0 fully saturated rings. The highest BCUT2D eigenvalue weighted by atomic mass is 35.5. The van der Waals surface area contributed by atoms with Gasteiger partial charge in [0.1, 0.15) is 5.82 Å². The highest BCUT2D eigenvalue weighted by molar-refractivity contribution is 6.34. The summed E-state index contributed by atoms with van der Waals surface area (Å²) in [6, 6.07) is 6.39. The maximum absolute atomic E-state index is 12.4. The van der Waals surface area contributed by atoms with E-state index in [-0.39, 0.29) is 31.0 Å². The van der Waals surface area contributed by atoms with Gasteiger partial charge in [-0.3, -0.25) is 15.0 Å². The van der Waals surface area contributed by atoms with Crippen LogP contribution in [0.3, 0.4) is 0 Å². The van der Waals surface area contributed by atoms with E-state index in [1.54, 1.807) is 37.4 Å². The van der Waals surface area contributed by atoms with Crippen molar-refractivity contribution in [2.75, 3.05) is 15.5 Å². The number of fused-ring (bicyclic) bond motifs is 1. The third kappa shape index (κ3) is 3.80. The van der Waals surface area contributed by atoms with Gasteiger partial charge in [-0.05, 0) is 19.1 Å². The average molecular weight is 362 g/mol. The molecule has 2 aromatic rings. The number of aliphatic carboxylic acids is 1. The molecule has 0 saturated carbocycles. The molecule has 3 rings (SSSR count). The summed E-state index contributed by atoms with van der Waals surface area (Å²) in [6.07, 6.45) is 1.54. The Morgan fingerprint density at radius 1 is 1.48 bits per heavy atom. The number of nitrogens with one attached hydrogen (secondary N) is 2. The second-order valence-corrected chi connectivity index (χ2v) is 6.09. The smallest absolute Gasteiger partial charge is 0.327 e. The minimum atomic E-state index is -0.915. The topological polar surface area (TPSA) is 107 Å². The number of para-hydroxylation sites is 1. The zero-order chi connectivity index (χ0) is 18.0. The van der Waals surface area contributed by atoms with Crippen molar-refractivity contribution in [3.63, 3.8) is 0 Å². The minimum absolute atomic E-state index is 0.0624. The second-order valence-electron chi connectivity index (χ2n) is 5.68. The summed E-state index contributed by atoms with van der Waals surface area (Å²) in [5.41, 5.74) is 1.33. The van der Waals surface area contributed by atoms with Crippen LogP contribution in [0.1, 0.15) is 18.9 Å². The number of nitrogens with zero attached hydrogens (tertiary/aromatic N) is 3. The number of carbonyl (C=O) groups excluding carboxylic acids is 1. The average Bonchev–Trinajstić information content (AvgIpc) is 2.54.